The fourth-order valence-corrected chi connectivity index (χ4v) is 3.22. The van der Waals surface area contributed by atoms with Gasteiger partial charge in [0.1, 0.15) is 5.75 Å². The Morgan fingerprint density at radius 2 is 2.32 bits per heavy atom. The Kier molecular flexibility index (Phi) is 3.50. The van der Waals surface area contributed by atoms with Crippen LogP contribution in [0.1, 0.15) is 43.7 Å². The molecule has 3 nitrogen and oxygen atoms in total. The van der Waals surface area contributed by atoms with E-state index in [4.69, 9.17) is 4.74 Å². The van der Waals surface area contributed by atoms with Crippen LogP contribution in [0.5, 0.6) is 5.75 Å². The molecule has 0 aromatic heterocycles. The van der Waals surface area contributed by atoms with E-state index >= 15 is 0 Å². The first kappa shape index (κ1) is 12.9. The summed E-state index contributed by atoms with van der Waals surface area (Å²) in [6.45, 7) is 3.78. The molecule has 1 fully saturated rings. The van der Waals surface area contributed by atoms with Gasteiger partial charge < -0.3 is 15.2 Å². The van der Waals surface area contributed by atoms with Crippen molar-refractivity contribution in [1.29, 1.82) is 0 Å². The summed E-state index contributed by atoms with van der Waals surface area (Å²) in [7, 11) is 0. The van der Waals surface area contributed by atoms with Crippen molar-refractivity contribution < 1.29 is 9.84 Å². The third-order valence-corrected chi connectivity index (χ3v) is 4.37. The largest absolute Gasteiger partial charge is 0.493 e. The van der Waals surface area contributed by atoms with Crippen LogP contribution >= 0.6 is 0 Å². The maximum Gasteiger partial charge on any atom is 0.122 e. The normalized spacial score (nSPS) is 25.5. The summed E-state index contributed by atoms with van der Waals surface area (Å²) in [6.07, 6.45) is 5.44. The van der Waals surface area contributed by atoms with Crippen molar-refractivity contribution in [3.8, 4) is 5.75 Å². The molecule has 0 spiro atoms. The molecule has 19 heavy (non-hydrogen) atoms. The summed E-state index contributed by atoms with van der Waals surface area (Å²) >= 11 is 0. The number of hydrogen-bond donors (Lipinski definition) is 2. The third kappa shape index (κ3) is 2.77. The minimum atomic E-state index is -0.757. The molecule has 2 aliphatic heterocycles. The number of piperidine rings is 1. The maximum absolute atomic E-state index is 10.8. The zero-order valence-corrected chi connectivity index (χ0v) is 11.6. The van der Waals surface area contributed by atoms with Gasteiger partial charge in [0.15, 0.2) is 0 Å². The van der Waals surface area contributed by atoms with Gasteiger partial charge in [-0.1, -0.05) is 12.5 Å². The summed E-state index contributed by atoms with van der Waals surface area (Å²) in [5.41, 5.74) is 1.49. The van der Waals surface area contributed by atoms with Gasteiger partial charge in [0.05, 0.1) is 12.2 Å². The fraction of sp³-hybridized carbons (Fsp3) is 0.625. The molecule has 0 amide bonds. The predicted molar refractivity (Wildman–Crippen MR) is 75.5 cm³/mol. The lowest BCUT2D eigenvalue weighted by Gasteiger charge is -2.32. The van der Waals surface area contributed by atoms with Crippen molar-refractivity contribution in [2.24, 2.45) is 0 Å². The standard InChI is InChI=1S/C16H23NO2/c1-16(18,11-14-4-2-3-8-17-14)13-5-6-15-12(10-13)7-9-19-15/h5-6,10,14,17-18H,2-4,7-9,11H2,1H3. The molecule has 3 rings (SSSR count). The highest BCUT2D eigenvalue weighted by atomic mass is 16.5. The summed E-state index contributed by atoms with van der Waals surface area (Å²) < 4.78 is 5.52. The highest BCUT2D eigenvalue weighted by Gasteiger charge is 2.29. The van der Waals surface area contributed by atoms with Crippen LogP contribution in [0.25, 0.3) is 0 Å². The van der Waals surface area contributed by atoms with E-state index < -0.39 is 5.60 Å². The molecule has 1 saturated heterocycles. The van der Waals surface area contributed by atoms with Crippen molar-refractivity contribution >= 4 is 0 Å². The van der Waals surface area contributed by atoms with Crippen molar-refractivity contribution in [3.63, 3.8) is 0 Å². The van der Waals surface area contributed by atoms with E-state index in [1.54, 1.807) is 0 Å². The average Bonchev–Trinajstić information content (AvgIpc) is 2.86. The SMILES string of the molecule is CC(O)(CC1CCCCN1)c1ccc2c(c1)CCO2. The van der Waals surface area contributed by atoms with Crippen LogP contribution in [0.15, 0.2) is 18.2 Å². The lowest BCUT2D eigenvalue weighted by atomic mass is 9.85. The number of benzene rings is 1. The topological polar surface area (TPSA) is 41.5 Å². The van der Waals surface area contributed by atoms with Gasteiger partial charge in [-0.05, 0) is 56.0 Å². The van der Waals surface area contributed by atoms with E-state index in [9.17, 15) is 5.11 Å². The highest BCUT2D eigenvalue weighted by molar-refractivity contribution is 5.41. The van der Waals surface area contributed by atoms with E-state index in [0.29, 0.717) is 6.04 Å². The van der Waals surface area contributed by atoms with Gasteiger partial charge in [0.2, 0.25) is 0 Å². The van der Waals surface area contributed by atoms with Crippen LogP contribution in [-0.4, -0.2) is 24.3 Å². The summed E-state index contributed by atoms with van der Waals surface area (Å²) in [5.74, 6) is 0.982. The van der Waals surface area contributed by atoms with Crippen LogP contribution in [0, 0.1) is 0 Å². The van der Waals surface area contributed by atoms with Crippen LogP contribution in [0.3, 0.4) is 0 Å². The zero-order chi connectivity index (χ0) is 13.3. The highest BCUT2D eigenvalue weighted by Crippen LogP contribution is 2.33. The van der Waals surface area contributed by atoms with E-state index in [2.05, 4.69) is 11.4 Å². The number of hydrogen-bond acceptors (Lipinski definition) is 3. The first-order valence-electron chi connectivity index (χ1n) is 7.37. The Morgan fingerprint density at radius 1 is 1.42 bits per heavy atom. The fourth-order valence-electron chi connectivity index (χ4n) is 3.22. The summed E-state index contributed by atoms with van der Waals surface area (Å²) in [4.78, 5) is 0. The molecule has 0 saturated carbocycles. The second-order valence-corrected chi connectivity index (χ2v) is 6.05. The second-order valence-electron chi connectivity index (χ2n) is 6.05. The number of fused-ring (bicyclic) bond motifs is 1. The van der Waals surface area contributed by atoms with Gasteiger partial charge in [-0.15, -0.1) is 0 Å². The van der Waals surface area contributed by atoms with Gasteiger partial charge in [-0.3, -0.25) is 0 Å². The first-order valence-corrected chi connectivity index (χ1v) is 7.37. The van der Waals surface area contributed by atoms with E-state index in [1.807, 2.05) is 19.1 Å². The minimum Gasteiger partial charge on any atom is -0.493 e. The molecule has 104 valence electrons. The van der Waals surface area contributed by atoms with E-state index in [-0.39, 0.29) is 0 Å². The molecule has 0 bridgehead atoms. The molecular formula is C16H23NO2. The van der Waals surface area contributed by atoms with Gasteiger partial charge in [0.25, 0.3) is 0 Å². The summed E-state index contributed by atoms with van der Waals surface area (Å²) in [6, 6.07) is 6.56. The third-order valence-electron chi connectivity index (χ3n) is 4.37. The van der Waals surface area contributed by atoms with Crippen LogP contribution in [0.4, 0.5) is 0 Å². The molecule has 0 radical (unpaired) electrons. The number of rotatable bonds is 3. The van der Waals surface area contributed by atoms with Crippen LogP contribution in [0.2, 0.25) is 0 Å². The minimum absolute atomic E-state index is 0.438. The molecule has 1 aromatic rings. The van der Waals surface area contributed by atoms with Gasteiger partial charge in [-0.2, -0.15) is 0 Å². The molecule has 0 aliphatic carbocycles. The van der Waals surface area contributed by atoms with E-state index in [1.165, 1.54) is 24.8 Å². The second kappa shape index (κ2) is 5.14. The van der Waals surface area contributed by atoms with Crippen LogP contribution < -0.4 is 10.1 Å². The van der Waals surface area contributed by atoms with Crippen molar-refractivity contribution in [2.45, 2.75) is 50.7 Å². The first-order chi connectivity index (χ1) is 9.15. The van der Waals surface area contributed by atoms with Gasteiger partial charge in [-0.25, -0.2) is 0 Å². The smallest absolute Gasteiger partial charge is 0.122 e. The molecular weight excluding hydrogens is 238 g/mol. The maximum atomic E-state index is 10.8. The lowest BCUT2D eigenvalue weighted by Crippen LogP contribution is -2.39. The molecule has 2 N–H and O–H groups in total. The van der Waals surface area contributed by atoms with Crippen molar-refractivity contribution in [2.75, 3.05) is 13.2 Å². The van der Waals surface area contributed by atoms with Crippen LogP contribution in [-0.2, 0) is 12.0 Å². The Morgan fingerprint density at radius 3 is 3.11 bits per heavy atom. The van der Waals surface area contributed by atoms with Gasteiger partial charge in [0, 0.05) is 12.5 Å². The predicted octanol–water partition coefficient (Wildman–Crippen LogP) is 2.36. The molecule has 1 aromatic carbocycles. The number of ether oxygens (including phenoxy) is 1. The average molecular weight is 261 g/mol. The molecule has 2 heterocycles. The van der Waals surface area contributed by atoms with Gasteiger partial charge >= 0.3 is 0 Å². The Bertz CT molecular complexity index is 450. The Labute approximate surface area is 115 Å². The lowest BCUT2D eigenvalue weighted by molar-refractivity contribution is 0.0331. The van der Waals surface area contributed by atoms with Crippen molar-refractivity contribution in [1.82, 2.24) is 5.32 Å². The molecule has 2 aliphatic rings. The number of aliphatic hydroxyl groups is 1. The monoisotopic (exact) mass is 261 g/mol. The molecule has 3 heteroatoms. The quantitative estimate of drug-likeness (QED) is 0.877. The molecule has 2 unspecified atom stereocenters. The van der Waals surface area contributed by atoms with Crippen molar-refractivity contribution in [3.05, 3.63) is 29.3 Å². The Hall–Kier alpha value is -1.06. The molecule has 2 atom stereocenters. The Balaban J connectivity index is 1.75. The zero-order valence-electron chi connectivity index (χ0n) is 11.6. The number of nitrogens with one attached hydrogen (secondary N) is 1. The summed E-state index contributed by atoms with van der Waals surface area (Å²) in [5, 5.41) is 14.3. The van der Waals surface area contributed by atoms with E-state index in [0.717, 1.165) is 37.3 Å².